The van der Waals surface area contributed by atoms with E-state index in [2.05, 4.69) is 5.92 Å². The second kappa shape index (κ2) is 3.19. The molecule has 0 bridgehead atoms. The highest BCUT2D eigenvalue weighted by atomic mass is 35.6. The summed E-state index contributed by atoms with van der Waals surface area (Å²) in [7, 11) is 0. The van der Waals surface area contributed by atoms with Crippen LogP contribution in [0.25, 0.3) is 0 Å². The maximum absolute atomic E-state index is 9.31. The smallest absolute Gasteiger partial charge is 0.219 e. The average molecular weight is 201 g/mol. The highest BCUT2D eigenvalue weighted by molar-refractivity contribution is 6.68. The van der Waals surface area contributed by atoms with Gasteiger partial charge in [0.15, 0.2) is 0 Å². The molecule has 1 unspecified atom stereocenters. The topological polar surface area (TPSA) is 20.2 Å². The van der Waals surface area contributed by atoms with Crippen LogP contribution < -0.4 is 0 Å². The third kappa shape index (κ3) is 2.56. The summed E-state index contributed by atoms with van der Waals surface area (Å²) in [6.45, 7) is 1.37. The van der Waals surface area contributed by atoms with Gasteiger partial charge in [-0.15, -0.1) is 12.3 Å². The van der Waals surface area contributed by atoms with Gasteiger partial charge < -0.3 is 5.11 Å². The van der Waals surface area contributed by atoms with Gasteiger partial charge in [-0.05, 0) is 6.92 Å². The Balaban J connectivity index is 4.28. The molecule has 10 heavy (non-hydrogen) atoms. The molecule has 0 heterocycles. The number of hydrogen-bond donors (Lipinski definition) is 1. The molecule has 0 fully saturated rings. The van der Waals surface area contributed by atoms with Crippen LogP contribution in [0.5, 0.6) is 0 Å². The van der Waals surface area contributed by atoms with Crippen LogP contribution in [0.2, 0.25) is 0 Å². The fraction of sp³-hybridized carbons (Fsp3) is 0.667. The first-order valence-corrected chi connectivity index (χ1v) is 3.67. The molecule has 4 heteroatoms. The lowest BCUT2D eigenvalue weighted by molar-refractivity contribution is 0.0696. The summed E-state index contributed by atoms with van der Waals surface area (Å²) >= 11 is 16.2. The zero-order valence-electron chi connectivity index (χ0n) is 5.37. The van der Waals surface area contributed by atoms with E-state index < -0.39 is 9.39 Å². The molecule has 0 spiro atoms. The van der Waals surface area contributed by atoms with Crippen molar-refractivity contribution < 1.29 is 5.11 Å². The molecular formula is C6H7Cl3O. The highest BCUT2D eigenvalue weighted by Crippen LogP contribution is 2.39. The van der Waals surface area contributed by atoms with E-state index in [1.54, 1.807) is 0 Å². The zero-order chi connectivity index (χ0) is 8.41. The van der Waals surface area contributed by atoms with Crippen LogP contribution in [-0.4, -0.2) is 14.5 Å². The summed E-state index contributed by atoms with van der Waals surface area (Å²) in [5, 5.41) is 9.31. The first kappa shape index (κ1) is 10.4. The van der Waals surface area contributed by atoms with E-state index in [4.69, 9.17) is 41.2 Å². The molecule has 0 aromatic carbocycles. The van der Waals surface area contributed by atoms with E-state index in [1.807, 2.05) is 0 Å². The van der Waals surface area contributed by atoms with E-state index in [0.29, 0.717) is 0 Å². The van der Waals surface area contributed by atoms with Crippen molar-refractivity contribution in [2.75, 3.05) is 0 Å². The first-order chi connectivity index (χ1) is 4.31. The standard InChI is InChI=1S/C6H7Cl3O/c1-3-4-5(2,10)6(7,8)9/h1,10H,4H2,2H3. The normalized spacial score (nSPS) is 17.6. The van der Waals surface area contributed by atoms with Crippen LogP contribution in [0.1, 0.15) is 13.3 Å². The van der Waals surface area contributed by atoms with Crippen molar-refractivity contribution in [1.82, 2.24) is 0 Å². The van der Waals surface area contributed by atoms with Gasteiger partial charge in [-0.3, -0.25) is 0 Å². The van der Waals surface area contributed by atoms with Crippen molar-refractivity contribution >= 4 is 34.8 Å². The van der Waals surface area contributed by atoms with E-state index >= 15 is 0 Å². The second-order valence-corrected chi connectivity index (χ2v) is 4.43. The summed E-state index contributed by atoms with van der Waals surface area (Å²) in [4.78, 5) is 0. The molecule has 1 atom stereocenters. The molecule has 0 aliphatic carbocycles. The SMILES string of the molecule is C#CCC(C)(O)C(Cl)(Cl)Cl. The van der Waals surface area contributed by atoms with E-state index in [0.717, 1.165) is 0 Å². The van der Waals surface area contributed by atoms with Crippen molar-refractivity contribution in [2.24, 2.45) is 0 Å². The molecule has 58 valence electrons. The second-order valence-electron chi connectivity index (χ2n) is 2.15. The molecule has 0 amide bonds. The summed E-state index contributed by atoms with van der Waals surface area (Å²) in [6, 6.07) is 0. The van der Waals surface area contributed by atoms with Crippen molar-refractivity contribution in [3.05, 3.63) is 0 Å². The van der Waals surface area contributed by atoms with E-state index in [1.165, 1.54) is 6.92 Å². The van der Waals surface area contributed by atoms with Gasteiger partial charge in [-0.25, -0.2) is 0 Å². The molecule has 0 aromatic rings. The van der Waals surface area contributed by atoms with Gasteiger partial charge in [0.1, 0.15) is 5.60 Å². The lowest BCUT2D eigenvalue weighted by Crippen LogP contribution is -2.38. The molecule has 0 radical (unpaired) electrons. The predicted octanol–water partition coefficient (Wildman–Crippen LogP) is 2.13. The zero-order valence-corrected chi connectivity index (χ0v) is 7.63. The molecule has 0 saturated heterocycles. The fourth-order valence-corrected chi connectivity index (χ4v) is 0.499. The minimum Gasteiger partial charge on any atom is -0.385 e. The number of hydrogen-bond acceptors (Lipinski definition) is 1. The van der Waals surface area contributed by atoms with Gasteiger partial charge in [0.2, 0.25) is 3.79 Å². The highest BCUT2D eigenvalue weighted by Gasteiger charge is 2.42. The minimum atomic E-state index is -1.72. The third-order valence-corrected chi connectivity index (χ3v) is 2.28. The quantitative estimate of drug-likeness (QED) is 0.509. The Kier molecular flexibility index (Phi) is 3.32. The van der Waals surface area contributed by atoms with Gasteiger partial charge in [-0.2, -0.15) is 0 Å². The van der Waals surface area contributed by atoms with Gasteiger partial charge in [-0.1, -0.05) is 34.8 Å². The van der Waals surface area contributed by atoms with Crippen molar-refractivity contribution in [3.63, 3.8) is 0 Å². The van der Waals surface area contributed by atoms with Crippen LogP contribution in [0.15, 0.2) is 0 Å². The van der Waals surface area contributed by atoms with Gasteiger partial charge in [0, 0.05) is 6.42 Å². The third-order valence-electron chi connectivity index (χ3n) is 1.06. The minimum absolute atomic E-state index is 0.0174. The molecule has 0 saturated carbocycles. The maximum atomic E-state index is 9.31. The van der Waals surface area contributed by atoms with Crippen molar-refractivity contribution in [3.8, 4) is 12.3 Å². The van der Waals surface area contributed by atoms with Gasteiger partial charge in [0.05, 0.1) is 0 Å². The van der Waals surface area contributed by atoms with Gasteiger partial charge in [0.25, 0.3) is 0 Å². The summed E-state index contributed by atoms with van der Waals surface area (Å²) in [5.41, 5.74) is -1.45. The lowest BCUT2D eigenvalue weighted by atomic mass is 10.1. The Bertz CT molecular complexity index is 151. The Morgan fingerprint density at radius 2 is 1.90 bits per heavy atom. The molecule has 0 aromatic heterocycles. The Morgan fingerprint density at radius 1 is 1.50 bits per heavy atom. The predicted molar refractivity (Wildman–Crippen MR) is 44.4 cm³/mol. The molecule has 0 aliphatic rings. The Hall–Kier alpha value is 0.390. The summed E-state index contributed by atoms with van der Waals surface area (Å²) in [6.07, 6.45) is 4.94. The van der Waals surface area contributed by atoms with Crippen LogP contribution >= 0.6 is 34.8 Å². The summed E-state index contributed by atoms with van der Waals surface area (Å²) in [5.74, 6) is 2.21. The largest absolute Gasteiger partial charge is 0.385 e. The molecule has 1 nitrogen and oxygen atoms in total. The van der Waals surface area contributed by atoms with E-state index in [9.17, 15) is 5.11 Å². The number of rotatable bonds is 1. The fourth-order valence-electron chi connectivity index (χ4n) is 0.299. The van der Waals surface area contributed by atoms with Crippen LogP contribution in [-0.2, 0) is 0 Å². The monoisotopic (exact) mass is 200 g/mol. The first-order valence-electron chi connectivity index (χ1n) is 2.54. The van der Waals surface area contributed by atoms with Crippen LogP contribution in [0, 0.1) is 12.3 Å². The molecular weight excluding hydrogens is 194 g/mol. The van der Waals surface area contributed by atoms with Crippen molar-refractivity contribution in [2.45, 2.75) is 22.7 Å². The Labute approximate surface area is 75.3 Å². The average Bonchev–Trinajstić information content (AvgIpc) is 1.61. The Morgan fingerprint density at radius 3 is 2.00 bits per heavy atom. The lowest BCUT2D eigenvalue weighted by Gasteiger charge is -2.28. The molecule has 1 N–H and O–H groups in total. The van der Waals surface area contributed by atoms with Gasteiger partial charge >= 0.3 is 0 Å². The molecule has 0 rings (SSSR count). The van der Waals surface area contributed by atoms with E-state index in [-0.39, 0.29) is 6.42 Å². The molecule has 0 aliphatic heterocycles. The van der Waals surface area contributed by atoms with Crippen LogP contribution in [0.3, 0.4) is 0 Å². The van der Waals surface area contributed by atoms with Crippen LogP contribution in [0.4, 0.5) is 0 Å². The number of halogens is 3. The van der Waals surface area contributed by atoms with Crippen molar-refractivity contribution in [1.29, 1.82) is 0 Å². The number of aliphatic hydroxyl groups is 1. The number of terminal acetylenes is 1. The maximum Gasteiger partial charge on any atom is 0.219 e. The summed E-state index contributed by atoms with van der Waals surface area (Å²) < 4.78 is -1.72. The number of alkyl halides is 3.